The number of benzene rings is 2. The van der Waals surface area contributed by atoms with E-state index in [1.165, 1.54) is 0 Å². The smallest absolute Gasteiger partial charge is 0.242 e. The van der Waals surface area contributed by atoms with Gasteiger partial charge in [-0.1, -0.05) is 72.4 Å². The molecule has 2 rings (SSSR count). The Hall–Kier alpha value is -2.04. The number of nitrogens with zero attached hydrogens (tertiary/aromatic N) is 1. The zero-order chi connectivity index (χ0) is 22.4. The third-order valence-corrected chi connectivity index (χ3v) is 5.59. The number of carbonyl (C=O) groups is 2. The molecule has 0 saturated carbocycles. The summed E-state index contributed by atoms with van der Waals surface area (Å²) in [6, 6.07) is 10.6. The van der Waals surface area contributed by atoms with Crippen molar-refractivity contribution in [3.63, 3.8) is 0 Å². The van der Waals surface area contributed by atoms with Crippen LogP contribution in [0.25, 0.3) is 0 Å². The van der Waals surface area contributed by atoms with Gasteiger partial charge in [0, 0.05) is 28.7 Å². The van der Waals surface area contributed by atoms with E-state index in [4.69, 9.17) is 23.2 Å². The maximum absolute atomic E-state index is 13.3. The van der Waals surface area contributed by atoms with E-state index < -0.39 is 6.04 Å². The second-order valence-corrected chi connectivity index (χ2v) is 9.02. The maximum Gasteiger partial charge on any atom is 0.242 e. The molecule has 4 nitrogen and oxygen atoms in total. The second-order valence-electron chi connectivity index (χ2n) is 8.21. The summed E-state index contributed by atoms with van der Waals surface area (Å²) in [7, 11) is 0. The highest BCUT2D eigenvalue weighted by atomic mass is 35.5. The molecule has 1 N–H and O–H groups in total. The Kier molecular flexibility index (Phi) is 8.75. The van der Waals surface area contributed by atoms with E-state index in [-0.39, 0.29) is 24.8 Å². The predicted molar refractivity (Wildman–Crippen MR) is 124 cm³/mol. The lowest BCUT2D eigenvalue weighted by Gasteiger charge is -2.30. The fraction of sp³-hybridized carbons (Fsp3) is 0.417. The number of amides is 2. The van der Waals surface area contributed by atoms with Gasteiger partial charge in [-0.15, -0.1) is 0 Å². The van der Waals surface area contributed by atoms with E-state index in [0.717, 1.165) is 16.7 Å². The first kappa shape index (κ1) is 24.2. The van der Waals surface area contributed by atoms with Gasteiger partial charge in [0.15, 0.2) is 0 Å². The van der Waals surface area contributed by atoms with Crippen LogP contribution < -0.4 is 5.32 Å². The van der Waals surface area contributed by atoms with Gasteiger partial charge < -0.3 is 10.2 Å². The first-order valence-electron chi connectivity index (χ1n) is 10.2. The highest BCUT2D eigenvalue weighted by Gasteiger charge is 2.27. The van der Waals surface area contributed by atoms with E-state index >= 15 is 0 Å². The summed E-state index contributed by atoms with van der Waals surface area (Å²) in [5, 5.41) is 3.86. The van der Waals surface area contributed by atoms with Gasteiger partial charge in [0.2, 0.25) is 11.8 Å². The lowest BCUT2D eigenvalue weighted by molar-refractivity contribution is -0.140. The van der Waals surface area contributed by atoms with Crippen LogP contribution in [0.3, 0.4) is 0 Å². The molecule has 6 heteroatoms. The largest absolute Gasteiger partial charge is 0.354 e. The van der Waals surface area contributed by atoms with E-state index in [0.29, 0.717) is 28.1 Å². The molecule has 0 bridgehead atoms. The Morgan fingerprint density at radius 2 is 1.57 bits per heavy atom. The molecule has 2 aromatic carbocycles. The number of aryl methyl sites for hydroxylation is 2. The van der Waals surface area contributed by atoms with Crippen molar-refractivity contribution in [1.29, 1.82) is 0 Å². The van der Waals surface area contributed by atoms with Crippen molar-refractivity contribution in [1.82, 2.24) is 10.2 Å². The number of halogens is 2. The molecule has 0 spiro atoms. The molecule has 2 aromatic rings. The normalized spacial score (nSPS) is 12.0. The van der Waals surface area contributed by atoms with Gasteiger partial charge in [-0.2, -0.15) is 0 Å². The number of rotatable bonds is 8. The van der Waals surface area contributed by atoms with Crippen LogP contribution in [-0.4, -0.2) is 29.3 Å². The van der Waals surface area contributed by atoms with E-state index in [1.54, 1.807) is 30.0 Å². The molecule has 0 aliphatic heterocycles. The molecule has 0 aliphatic carbocycles. The summed E-state index contributed by atoms with van der Waals surface area (Å²) in [6.07, 6.45) is 0.201. The Morgan fingerprint density at radius 1 is 1.00 bits per heavy atom. The molecule has 0 unspecified atom stereocenters. The third-order valence-electron chi connectivity index (χ3n) is 4.88. The summed E-state index contributed by atoms with van der Waals surface area (Å²) >= 11 is 12.7. The zero-order valence-corrected chi connectivity index (χ0v) is 19.8. The van der Waals surface area contributed by atoms with Gasteiger partial charge in [-0.3, -0.25) is 9.59 Å². The SMILES string of the molecule is Cc1cc(C)cc(CC(=O)N(Cc2c(Cl)cccc2Cl)[C@@H](C)C(=O)NCC(C)C)c1. The van der Waals surface area contributed by atoms with Crippen LogP contribution in [0.5, 0.6) is 0 Å². The lowest BCUT2D eigenvalue weighted by atomic mass is 10.0. The second kappa shape index (κ2) is 10.8. The summed E-state index contributed by atoms with van der Waals surface area (Å²) in [4.78, 5) is 27.6. The molecular weight excluding hydrogens is 419 g/mol. The Balaban J connectivity index is 2.31. The van der Waals surface area contributed by atoms with Crippen molar-refractivity contribution in [2.24, 2.45) is 5.92 Å². The van der Waals surface area contributed by atoms with Gasteiger partial charge in [0.25, 0.3) is 0 Å². The number of hydrogen-bond donors (Lipinski definition) is 1. The Labute approximate surface area is 189 Å². The maximum atomic E-state index is 13.3. The van der Waals surface area contributed by atoms with Gasteiger partial charge in [0.05, 0.1) is 6.42 Å². The van der Waals surface area contributed by atoms with Crippen LogP contribution in [0, 0.1) is 19.8 Å². The zero-order valence-electron chi connectivity index (χ0n) is 18.3. The molecule has 0 aromatic heterocycles. The van der Waals surface area contributed by atoms with Crippen molar-refractivity contribution in [2.75, 3.05) is 6.54 Å². The number of hydrogen-bond acceptors (Lipinski definition) is 2. The molecule has 0 heterocycles. The Morgan fingerprint density at radius 3 is 2.10 bits per heavy atom. The molecule has 2 amide bonds. The topological polar surface area (TPSA) is 49.4 Å². The third kappa shape index (κ3) is 6.75. The molecule has 30 heavy (non-hydrogen) atoms. The van der Waals surface area contributed by atoms with E-state index in [2.05, 4.69) is 11.4 Å². The Bertz CT molecular complexity index is 872. The van der Waals surface area contributed by atoms with Crippen molar-refractivity contribution in [2.45, 2.75) is 53.6 Å². The molecule has 0 aliphatic rings. The monoisotopic (exact) mass is 448 g/mol. The minimum absolute atomic E-state index is 0.150. The average Bonchev–Trinajstić information content (AvgIpc) is 2.64. The highest BCUT2D eigenvalue weighted by Crippen LogP contribution is 2.27. The van der Waals surface area contributed by atoms with Crippen molar-refractivity contribution >= 4 is 35.0 Å². The van der Waals surface area contributed by atoms with Crippen LogP contribution >= 0.6 is 23.2 Å². The lowest BCUT2D eigenvalue weighted by Crippen LogP contribution is -2.48. The summed E-state index contributed by atoms with van der Waals surface area (Å²) in [5.41, 5.74) is 3.75. The minimum Gasteiger partial charge on any atom is -0.354 e. The number of nitrogens with one attached hydrogen (secondary N) is 1. The predicted octanol–water partition coefficient (Wildman–Crippen LogP) is 5.34. The van der Waals surface area contributed by atoms with Crippen LogP contribution in [-0.2, 0) is 22.6 Å². The highest BCUT2D eigenvalue weighted by molar-refractivity contribution is 6.36. The summed E-state index contributed by atoms with van der Waals surface area (Å²) < 4.78 is 0. The average molecular weight is 449 g/mol. The standard InChI is InChI=1S/C24H30Cl2N2O2/c1-15(2)13-27-24(30)18(5)28(14-20-21(25)7-6-8-22(20)26)23(29)12-19-10-16(3)9-17(4)11-19/h6-11,15,18H,12-14H2,1-5H3,(H,27,30)/t18-/m0/s1. The van der Waals surface area contributed by atoms with Crippen LogP contribution in [0.2, 0.25) is 10.0 Å². The quantitative estimate of drug-likeness (QED) is 0.591. The summed E-state index contributed by atoms with van der Waals surface area (Å²) in [6.45, 7) is 10.5. The van der Waals surface area contributed by atoms with Crippen molar-refractivity contribution in [3.05, 3.63) is 68.7 Å². The van der Waals surface area contributed by atoms with Crippen LogP contribution in [0.4, 0.5) is 0 Å². The molecule has 0 radical (unpaired) electrons. The van der Waals surface area contributed by atoms with Crippen LogP contribution in [0.15, 0.2) is 36.4 Å². The molecular formula is C24H30Cl2N2O2. The first-order valence-corrected chi connectivity index (χ1v) is 10.9. The van der Waals surface area contributed by atoms with Crippen molar-refractivity contribution < 1.29 is 9.59 Å². The van der Waals surface area contributed by atoms with Gasteiger partial charge in [0.1, 0.15) is 6.04 Å². The summed E-state index contributed by atoms with van der Waals surface area (Å²) in [5.74, 6) is -0.0255. The molecule has 1 atom stereocenters. The fourth-order valence-electron chi connectivity index (χ4n) is 3.34. The number of carbonyl (C=O) groups excluding carboxylic acids is 2. The van der Waals surface area contributed by atoms with Gasteiger partial charge >= 0.3 is 0 Å². The molecule has 162 valence electrons. The molecule has 0 fully saturated rings. The fourth-order valence-corrected chi connectivity index (χ4v) is 3.85. The van der Waals surface area contributed by atoms with Gasteiger partial charge in [-0.05, 0) is 44.4 Å². The minimum atomic E-state index is -0.658. The van der Waals surface area contributed by atoms with Crippen molar-refractivity contribution in [3.8, 4) is 0 Å². The van der Waals surface area contributed by atoms with E-state index in [1.807, 2.05) is 39.8 Å². The van der Waals surface area contributed by atoms with E-state index in [9.17, 15) is 9.59 Å². The molecule has 0 saturated heterocycles. The van der Waals surface area contributed by atoms with Gasteiger partial charge in [-0.25, -0.2) is 0 Å². The first-order chi connectivity index (χ1) is 14.1. The van der Waals surface area contributed by atoms with Crippen LogP contribution in [0.1, 0.15) is 43.0 Å².